The monoisotopic (exact) mass is 620 g/mol. The maximum Gasteiger partial charge on any atom is 0.249 e. The van der Waals surface area contributed by atoms with Crippen LogP contribution in [0.4, 0.5) is 0 Å². The van der Waals surface area contributed by atoms with Crippen molar-refractivity contribution in [2.75, 3.05) is 26.7 Å². The number of rotatable bonds is 10. The molecule has 43 heavy (non-hydrogen) atoms. The summed E-state index contributed by atoms with van der Waals surface area (Å²) in [6.45, 7) is 3.72. The van der Waals surface area contributed by atoms with Crippen molar-refractivity contribution in [3.8, 4) is 0 Å². The lowest BCUT2D eigenvalue weighted by Crippen LogP contribution is -2.61. The first-order valence-corrected chi connectivity index (χ1v) is 16.7. The molecule has 2 unspecified atom stereocenters. The summed E-state index contributed by atoms with van der Waals surface area (Å²) in [5.41, 5.74) is 2.28. The second-order valence-corrected chi connectivity index (χ2v) is 14.3. The van der Waals surface area contributed by atoms with E-state index >= 15 is 0 Å². The smallest absolute Gasteiger partial charge is 0.249 e. The number of allylic oxidation sites excluding steroid dienone is 2. The summed E-state index contributed by atoms with van der Waals surface area (Å²) in [5.74, 6) is 0.0536. The van der Waals surface area contributed by atoms with Gasteiger partial charge >= 0.3 is 0 Å². The Labute approximate surface area is 261 Å². The summed E-state index contributed by atoms with van der Waals surface area (Å²) in [4.78, 5) is 14.9. The van der Waals surface area contributed by atoms with Gasteiger partial charge in [-0.1, -0.05) is 85.6 Å². The zero-order chi connectivity index (χ0) is 30.7. The molecule has 2 aromatic carbocycles. The third-order valence-electron chi connectivity index (χ3n) is 9.03. The Morgan fingerprint density at radius 2 is 1.84 bits per heavy atom. The number of nitrogens with zero attached hydrogens (tertiary/aromatic N) is 2. The Morgan fingerprint density at radius 3 is 2.56 bits per heavy atom. The highest BCUT2D eigenvalue weighted by atomic mass is 32.2. The first-order valence-electron chi connectivity index (χ1n) is 14.8. The molecule has 1 heterocycles. The van der Waals surface area contributed by atoms with Crippen LogP contribution in [0.15, 0.2) is 90.0 Å². The van der Waals surface area contributed by atoms with E-state index in [1.807, 2.05) is 42.5 Å². The molecule has 0 aromatic heterocycles. The van der Waals surface area contributed by atoms with Crippen molar-refractivity contribution in [1.29, 1.82) is 0 Å². The molecule has 3 aliphatic rings. The third-order valence-corrected chi connectivity index (χ3v) is 11.4. The molecule has 5 rings (SSSR count). The molecule has 1 fully saturated rings. The summed E-state index contributed by atoms with van der Waals surface area (Å²) in [6.07, 6.45) is 13.2. The highest BCUT2D eigenvalue weighted by Crippen LogP contribution is 2.42. The van der Waals surface area contributed by atoms with Crippen LogP contribution in [0.3, 0.4) is 0 Å². The summed E-state index contributed by atoms with van der Waals surface area (Å²) in [7, 11) is -2.25. The fraction of sp³-hybridized carbons (Fsp3) is 0.394. The second-order valence-electron chi connectivity index (χ2n) is 12.0. The molecule has 2 aromatic rings. The van der Waals surface area contributed by atoms with Crippen LogP contribution in [0.25, 0.3) is 0 Å². The van der Waals surface area contributed by atoms with Crippen molar-refractivity contribution in [2.45, 2.75) is 56.0 Å². The molecule has 2 atom stereocenters. The van der Waals surface area contributed by atoms with Crippen molar-refractivity contribution in [2.24, 2.45) is 0 Å². The van der Waals surface area contributed by atoms with Crippen molar-refractivity contribution in [1.82, 2.24) is 19.2 Å². The van der Waals surface area contributed by atoms with Gasteiger partial charge in [0, 0.05) is 38.1 Å². The van der Waals surface area contributed by atoms with Crippen LogP contribution in [0.2, 0.25) is 0 Å². The number of hydrogen-bond donors (Lipinski definition) is 4. The zero-order valence-corrected chi connectivity index (χ0v) is 26.6. The second kappa shape index (κ2) is 12.8. The number of benzene rings is 2. The summed E-state index contributed by atoms with van der Waals surface area (Å²) in [6, 6.07) is 18.3. The number of nitrogens with one attached hydrogen (secondary N) is 2. The molecule has 8 nitrogen and oxygen atoms in total. The van der Waals surface area contributed by atoms with Crippen LogP contribution in [0, 0.1) is 0 Å². The topological polar surface area (TPSA) is 107 Å². The Bertz CT molecular complexity index is 1550. The van der Waals surface area contributed by atoms with E-state index in [-0.39, 0.29) is 29.1 Å². The van der Waals surface area contributed by atoms with Gasteiger partial charge < -0.3 is 10.2 Å². The SMILES string of the molecule is CN(CC1(/C=C/N2CCC(NC(=O)Cc3ccccc3)CC2)CCc2ccccc21)S(=O)(=O)C1=CC=CC(C)(NS)C1=[NH2+]. The molecule has 2 aliphatic carbocycles. The van der Waals surface area contributed by atoms with Gasteiger partial charge in [-0.3, -0.25) is 10.2 Å². The number of carbonyl (C=O) groups excluding carboxylic acids is 1. The van der Waals surface area contributed by atoms with E-state index in [9.17, 15) is 13.2 Å². The van der Waals surface area contributed by atoms with E-state index in [1.165, 1.54) is 9.87 Å². The molecule has 4 N–H and O–H groups in total. The van der Waals surface area contributed by atoms with Crippen molar-refractivity contribution >= 4 is 34.5 Å². The van der Waals surface area contributed by atoms with Gasteiger partial charge in [0.1, 0.15) is 5.54 Å². The fourth-order valence-corrected chi connectivity index (χ4v) is 8.02. The molecule has 0 radical (unpaired) electrons. The fourth-order valence-electron chi connectivity index (χ4n) is 6.34. The molecule has 1 aliphatic heterocycles. The third kappa shape index (κ3) is 6.67. The van der Waals surface area contributed by atoms with Crippen molar-refractivity contribution < 1.29 is 18.6 Å². The number of nitrogens with two attached hydrogens (primary N) is 1. The number of amides is 1. The average molecular weight is 621 g/mol. The maximum atomic E-state index is 13.9. The van der Waals surface area contributed by atoms with Gasteiger partial charge in [-0.2, -0.15) is 4.31 Å². The number of thiol groups is 1. The van der Waals surface area contributed by atoms with Gasteiger partial charge in [0.2, 0.25) is 21.6 Å². The van der Waals surface area contributed by atoms with E-state index in [0.29, 0.717) is 6.42 Å². The van der Waals surface area contributed by atoms with E-state index in [2.05, 4.69) is 52.2 Å². The molecule has 10 heteroatoms. The minimum absolute atomic E-state index is 0.0536. The molecular formula is C33H42N5O3S2+. The lowest BCUT2D eigenvalue weighted by atomic mass is 9.81. The highest BCUT2D eigenvalue weighted by Gasteiger charge is 2.45. The largest absolute Gasteiger partial charge is 0.377 e. The number of fused-ring (bicyclic) bond motifs is 1. The Balaban J connectivity index is 1.28. The Hall–Kier alpha value is -3.18. The van der Waals surface area contributed by atoms with Gasteiger partial charge in [-0.25, -0.2) is 13.1 Å². The summed E-state index contributed by atoms with van der Waals surface area (Å²) in [5, 5.41) is 9.58. The molecule has 228 valence electrons. The molecular weight excluding hydrogens is 579 g/mol. The summed E-state index contributed by atoms with van der Waals surface area (Å²) >= 11 is 4.18. The van der Waals surface area contributed by atoms with Crippen LogP contribution in [0.5, 0.6) is 0 Å². The number of likely N-dealkylation sites (tertiary alicyclic amines) is 1. The van der Waals surface area contributed by atoms with E-state index in [0.717, 1.165) is 49.9 Å². The minimum Gasteiger partial charge on any atom is -0.377 e. The van der Waals surface area contributed by atoms with Gasteiger partial charge in [0.05, 0.1) is 6.42 Å². The van der Waals surface area contributed by atoms with Gasteiger partial charge in [0.25, 0.3) is 0 Å². The van der Waals surface area contributed by atoms with Crippen molar-refractivity contribution in [3.05, 3.63) is 107 Å². The molecule has 0 bridgehead atoms. The number of sulfonamides is 1. The van der Waals surface area contributed by atoms with Crippen molar-refractivity contribution in [3.63, 3.8) is 0 Å². The van der Waals surface area contributed by atoms with Crippen LogP contribution in [-0.4, -0.2) is 67.5 Å². The van der Waals surface area contributed by atoms with Crippen LogP contribution >= 0.6 is 12.8 Å². The molecule has 1 saturated heterocycles. The number of carbonyl (C=O) groups is 1. The number of aryl methyl sites for hydroxylation is 1. The summed E-state index contributed by atoms with van der Waals surface area (Å²) < 4.78 is 32.0. The van der Waals surface area contributed by atoms with E-state index in [4.69, 9.17) is 5.41 Å². The standard InChI is InChI=1S/C33H41N5O3S2/c1-32(36-42)17-8-13-29(31(32)34)43(40,41)37(2)24-33(18-14-26-11-6-7-12-28(26)33)19-22-38-20-15-27(16-21-38)35-30(39)23-25-9-4-3-5-10-25/h3-13,17,19,22,27,34,36,42H,14-16,18,20-21,23-24H2,1-2H3,(H,35,39)/p+1/b22-19+,34-31?. The number of hydrogen-bond acceptors (Lipinski definition) is 6. The Kier molecular flexibility index (Phi) is 9.31. The Morgan fingerprint density at radius 1 is 1.14 bits per heavy atom. The van der Waals surface area contributed by atoms with Crippen LogP contribution in [-0.2, 0) is 33.1 Å². The number of likely N-dealkylation sites (N-methyl/N-ethyl adjacent to an activating group) is 1. The first kappa shape index (κ1) is 31.3. The minimum atomic E-state index is -3.89. The predicted molar refractivity (Wildman–Crippen MR) is 175 cm³/mol. The lowest BCUT2D eigenvalue weighted by molar-refractivity contribution is -0.121. The molecule has 0 saturated carbocycles. The van der Waals surface area contributed by atoms with Crippen LogP contribution < -0.4 is 15.4 Å². The first-order chi connectivity index (χ1) is 20.6. The highest BCUT2D eigenvalue weighted by molar-refractivity contribution is 7.94. The molecule has 1 amide bonds. The normalized spacial score (nSPS) is 24.4. The number of piperidine rings is 1. The predicted octanol–water partition coefficient (Wildman–Crippen LogP) is 2.32. The van der Waals surface area contributed by atoms with E-state index in [1.54, 1.807) is 32.2 Å². The average Bonchev–Trinajstić information content (AvgIpc) is 3.37. The van der Waals surface area contributed by atoms with Gasteiger partial charge in [-0.05, 0) is 61.6 Å². The van der Waals surface area contributed by atoms with Gasteiger partial charge in [-0.15, -0.1) is 0 Å². The molecule has 0 spiro atoms. The maximum absolute atomic E-state index is 13.9. The lowest BCUT2D eigenvalue weighted by Gasteiger charge is -2.35. The van der Waals surface area contributed by atoms with Crippen LogP contribution in [0.1, 0.15) is 42.9 Å². The van der Waals surface area contributed by atoms with E-state index < -0.39 is 21.0 Å². The quantitative estimate of drug-likeness (QED) is 0.305. The zero-order valence-electron chi connectivity index (χ0n) is 24.9. The van der Waals surface area contributed by atoms with Gasteiger partial charge in [0.15, 0.2) is 4.91 Å².